The van der Waals surface area contributed by atoms with Crippen LogP contribution in [-0.4, -0.2) is 28.5 Å². The largest absolute Gasteiger partial charge is 0.478 e. The van der Waals surface area contributed by atoms with Gasteiger partial charge in [-0.3, -0.25) is 0 Å². The van der Waals surface area contributed by atoms with Crippen LogP contribution in [0.25, 0.3) is 0 Å². The molecule has 1 aromatic heterocycles. The van der Waals surface area contributed by atoms with Crippen molar-refractivity contribution in [3.05, 3.63) is 23.9 Å². The van der Waals surface area contributed by atoms with Gasteiger partial charge in [-0.25, -0.2) is 18.6 Å². The Labute approximate surface area is 90.3 Å². The van der Waals surface area contributed by atoms with Crippen molar-refractivity contribution in [2.24, 2.45) is 5.92 Å². The number of carbonyl (C=O) groups is 1. The molecular formula is C10H10F2N2O2. The van der Waals surface area contributed by atoms with Gasteiger partial charge in [-0.05, 0) is 12.1 Å². The first-order valence-electron chi connectivity index (χ1n) is 4.81. The SMILES string of the molecule is O=C(O)c1cccnc1NCC1CC1(F)F. The number of aromatic carboxylic acids is 1. The van der Waals surface area contributed by atoms with Crippen LogP contribution in [-0.2, 0) is 0 Å². The summed E-state index contributed by atoms with van der Waals surface area (Å²) in [5.41, 5.74) is -0.00790. The van der Waals surface area contributed by atoms with E-state index < -0.39 is 17.8 Å². The summed E-state index contributed by atoms with van der Waals surface area (Å²) >= 11 is 0. The number of halogens is 2. The van der Waals surface area contributed by atoms with Crippen molar-refractivity contribution in [3.63, 3.8) is 0 Å². The summed E-state index contributed by atoms with van der Waals surface area (Å²) in [5.74, 6) is -4.31. The van der Waals surface area contributed by atoms with Crippen LogP contribution in [0.2, 0.25) is 0 Å². The summed E-state index contributed by atoms with van der Waals surface area (Å²) in [6.45, 7) is 0.0459. The molecule has 1 unspecified atom stereocenters. The zero-order valence-electron chi connectivity index (χ0n) is 8.28. The molecule has 16 heavy (non-hydrogen) atoms. The monoisotopic (exact) mass is 228 g/mol. The minimum Gasteiger partial charge on any atom is -0.478 e. The maximum Gasteiger partial charge on any atom is 0.339 e. The third-order valence-corrected chi connectivity index (χ3v) is 2.51. The Bertz CT molecular complexity index is 423. The highest BCUT2D eigenvalue weighted by Gasteiger charge is 2.56. The Hall–Kier alpha value is -1.72. The molecule has 0 radical (unpaired) electrons. The second kappa shape index (κ2) is 3.70. The van der Waals surface area contributed by atoms with E-state index in [1.807, 2.05) is 0 Å². The number of anilines is 1. The molecular weight excluding hydrogens is 218 g/mol. The molecule has 2 rings (SSSR count). The average molecular weight is 228 g/mol. The van der Waals surface area contributed by atoms with Gasteiger partial charge >= 0.3 is 5.97 Å². The number of pyridine rings is 1. The van der Waals surface area contributed by atoms with Gasteiger partial charge in [0.05, 0.1) is 0 Å². The number of rotatable bonds is 4. The molecule has 0 bridgehead atoms. The fraction of sp³-hybridized carbons (Fsp3) is 0.400. The Morgan fingerprint density at radius 1 is 1.69 bits per heavy atom. The molecule has 0 saturated heterocycles. The van der Waals surface area contributed by atoms with Crippen LogP contribution in [0, 0.1) is 5.92 Å². The molecule has 1 aliphatic rings. The highest BCUT2D eigenvalue weighted by Crippen LogP contribution is 2.48. The normalized spacial score (nSPS) is 21.5. The van der Waals surface area contributed by atoms with Gasteiger partial charge in [0.25, 0.3) is 5.92 Å². The second-order valence-corrected chi connectivity index (χ2v) is 3.75. The van der Waals surface area contributed by atoms with Gasteiger partial charge in [-0.1, -0.05) is 0 Å². The maximum atomic E-state index is 12.6. The van der Waals surface area contributed by atoms with Gasteiger partial charge < -0.3 is 10.4 Å². The van der Waals surface area contributed by atoms with Gasteiger partial charge in [0.2, 0.25) is 0 Å². The summed E-state index contributed by atoms with van der Waals surface area (Å²) in [4.78, 5) is 14.6. The van der Waals surface area contributed by atoms with Crippen LogP contribution < -0.4 is 5.32 Å². The van der Waals surface area contributed by atoms with Crippen LogP contribution >= 0.6 is 0 Å². The lowest BCUT2D eigenvalue weighted by molar-refractivity contribution is 0.0697. The van der Waals surface area contributed by atoms with Crippen molar-refractivity contribution in [1.82, 2.24) is 4.98 Å². The molecule has 0 spiro atoms. The van der Waals surface area contributed by atoms with Crippen molar-refractivity contribution in [3.8, 4) is 0 Å². The molecule has 1 saturated carbocycles. The number of carboxylic acid groups (broad SMARTS) is 1. The van der Waals surface area contributed by atoms with Gasteiger partial charge in [0, 0.05) is 25.1 Å². The zero-order valence-corrected chi connectivity index (χ0v) is 8.28. The number of hydrogen-bond acceptors (Lipinski definition) is 3. The van der Waals surface area contributed by atoms with E-state index in [0.717, 1.165) is 0 Å². The molecule has 6 heteroatoms. The topological polar surface area (TPSA) is 62.2 Å². The summed E-state index contributed by atoms with van der Waals surface area (Å²) < 4.78 is 25.2. The molecule has 0 aromatic carbocycles. The van der Waals surface area contributed by atoms with Gasteiger partial charge in [-0.2, -0.15) is 0 Å². The maximum absolute atomic E-state index is 12.6. The molecule has 86 valence electrons. The molecule has 0 amide bonds. The van der Waals surface area contributed by atoms with E-state index in [1.54, 1.807) is 0 Å². The number of nitrogens with one attached hydrogen (secondary N) is 1. The van der Waals surface area contributed by atoms with Crippen LogP contribution in [0.4, 0.5) is 14.6 Å². The van der Waals surface area contributed by atoms with Crippen molar-refractivity contribution in [2.75, 3.05) is 11.9 Å². The number of hydrogen-bond donors (Lipinski definition) is 2. The first kappa shape index (κ1) is 10.8. The lowest BCUT2D eigenvalue weighted by Crippen LogP contribution is -2.12. The third-order valence-electron chi connectivity index (χ3n) is 2.51. The molecule has 1 fully saturated rings. The van der Waals surface area contributed by atoms with Crippen molar-refractivity contribution in [2.45, 2.75) is 12.3 Å². The predicted octanol–water partition coefficient (Wildman–Crippen LogP) is 1.85. The average Bonchev–Trinajstić information content (AvgIpc) is 2.84. The predicted molar refractivity (Wildman–Crippen MR) is 52.7 cm³/mol. The molecule has 1 atom stereocenters. The number of carboxylic acids is 1. The van der Waals surface area contributed by atoms with E-state index in [1.165, 1.54) is 18.3 Å². The highest BCUT2D eigenvalue weighted by atomic mass is 19.3. The van der Waals surface area contributed by atoms with Crippen LogP contribution in [0.3, 0.4) is 0 Å². The standard InChI is InChI=1S/C10H10F2N2O2/c11-10(12)4-6(10)5-14-8-7(9(15)16)2-1-3-13-8/h1-3,6H,4-5H2,(H,13,14)(H,15,16). The Morgan fingerprint density at radius 2 is 2.38 bits per heavy atom. The molecule has 1 heterocycles. The highest BCUT2D eigenvalue weighted by molar-refractivity contribution is 5.92. The van der Waals surface area contributed by atoms with E-state index >= 15 is 0 Å². The Kier molecular flexibility index (Phi) is 2.49. The third kappa shape index (κ3) is 2.10. The lowest BCUT2D eigenvalue weighted by Gasteiger charge is -2.07. The molecule has 2 N–H and O–H groups in total. The number of nitrogens with zero attached hydrogens (tertiary/aromatic N) is 1. The van der Waals surface area contributed by atoms with Crippen LogP contribution in [0.5, 0.6) is 0 Å². The van der Waals surface area contributed by atoms with E-state index in [-0.39, 0.29) is 24.3 Å². The summed E-state index contributed by atoms with van der Waals surface area (Å²) in [7, 11) is 0. The zero-order chi connectivity index (χ0) is 11.8. The van der Waals surface area contributed by atoms with Gasteiger partial charge in [0.15, 0.2) is 0 Å². The van der Waals surface area contributed by atoms with E-state index in [4.69, 9.17) is 5.11 Å². The Morgan fingerprint density at radius 3 is 2.94 bits per heavy atom. The molecule has 1 aliphatic carbocycles. The molecule has 4 nitrogen and oxygen atoms in total. The summed E-state index contributed by atoms with van der Waals surface area (Å²) in [5, 5.41) is 11.5. The first-order valence-corrected chi connectivity index (χ1v) is 4.81. The lowest BCUT2D eigenvalue weighted by atomic mass is 10.2. The molecule has 1 aromatic rings. The molecule has 0 aliphatic heterocycles. The van der Waals surface area contributed by atoms with E-state index in [9.17, 15) is 13.6 Å². The van der Waals surface area contributed by atoms with Crippen LogP contribution in [0.15, 0.2) is 18.3 Å². The minimum absolute atomic E-state index is 0.00790. The van der Waals surface area contributed by atoms with Gasteiger partial charge in [0.1, 0.15) is 11.4 Å². The van der Waals surface area contributed by atoms with Crippen LogP contribution in [0.1, 0.15) is 16.8 Å². The fourth-order valence-corrected chi connectivity index (χ4v) is 1.43. The Balaban J connectivity index is 2.02. The minimum atomic E-state index is -2.61. The first-order chi connectivity index (χ1) is 7.50. The van der Waals surface area contributed by atoms with Crippen molar-refractivity contribution < 1.29 is 18.7 Å². The summed E-state index contributed by atoms with van der Waals surface area (Å²) in [6.07, 6.45) is 1.27. The number of alkyl halides is 2. The van der Waals surface area contributed by atoms with Gasteiger partial charge in [-0.15, -0.1) is 0 Å². The summed E-state index contributed by atoms with van der Waals surface area (Å²) in [6, 6.07) is 2.86. The second-order valence-electron chi connectivity index (χ2n) is 3.75. The van der Waals surface area contributed by atoms with E-state index in [0.29, 0.717) is 0 Å². The van der Waals surface area contributed by atoms with Crippen molar-refractivity contribution in [1.29, 1.82) is 0 Å². The number of aromatic nitrogens is 1. The van der Waals surface area contributed by atoms with E-state index in [2.05, 4.69) is 10.3 Å². The smallest absolute Gasteiger partial charge is 0.339 e. The van der Waals surface area contributed by atoms with Crippen molar-refractivity contribution >= 4 is 11.8 Å². The quantitative estimate of drug-likeness (QED) is 0.825. The fourth-order valence-electron chi connectivity index (χ4n) is 1.43.